The first-order valence-corrected chi connectivity index (χ1v) is 12.9. The summed E-state index contributed by atoms with van der Waals surface area (Å²) >= 11 is 0. The number of methoxy groups -OCH3 is 1. The molecular weight excluding hydrogens is 415 g/mol. The molecule has 2 heterocycles. The fourth-order valence-electron chi connectivity index (χ4n) is 5.99. The quantitative estimate of drug-likeness (QED) is 0.475. The van der Waals surface area contributed by atoms with Gasteiger partial charge < -0.3 is 14.7 Å². The lowest BCUT2D eigenvalue weighted by atomic mass is 9.74. The van der Waals surface area contributed by atoms with Crippen molar-refractivity contribution >= 4 is 10.9 Å². The number of aryl methyl sites for hydroxylation is 1. The van der Waals surface area contributed by atoms with Gasteiger partial charge in [0.05, 0.1) is 12.6 Å². The third-order valence-corrected chi connectivity index (χ3v) is 8.39. The molecule has 0 bridgehead atoms. The maximum absolute atomic E-state index is 15.7. The summed E-state index contributed by atoms with van der Waals surface area (Å²) in [5, 5.41) is 11.1. The van der Waals surface area contributed by atoms with Crippen LogP contribution in [0.25, 0.3) is 10.9 Å². The first kappa shape index (κ1) is 24.4. The molecule has 1 N–H and O–H groups in total. The third kappa shape index (κ3) is 5.86. The highest BCUT2D eigenvalue weighted by atomic mass is 19.1. The maximum atomic E-state index is 15.7. The zero-order valence-electron chi connectivity index (χ0n) is 20.5. The van der Waals surface area contributed by atoms with Crippen molar-refractivity contribution in [2.24, 2.45) is 11.3 Å². The second-order valence-corrected chi connectivity index (χ2v) is 10.5. The Morgan fingerprint density at radius 1 is 1.21 bits per heavy atom. The minimum absolute atomic E-state index is 0.153. The fourth-order valence-corrected chi connectivity index (χ4v) is 5.99. The summed E-state index contributed by atoms with van der Waals surface area (Å²) in [6.45, 7) is 5.32. The van der Waals surface area contributed by atoms with E-state index in [1.807, 2.05) is 25.1 Å². The number of aliphatic hydroxyl groups is 1. The van der Waals surface area contributed by atoms with Crippen LogP contribution in [0.2, 0.25) is 0 Å². The van der Waals surface area contributed by atoms with Gasteiger partial charge in [-0.1, -0.05) is 32.1 Å². The summed E-state index contributed by atoms with van der Waals surface area (Å²) in [4.78, 5) is 7.04. The summed E-state index contributed by atoms with van der Waals surface area (Å²) in [5.74, 6) is 1.63. The number of rotatable bonds is 9. The van der Waals surface area contributed by atoms with Crippen molar-refractivity contribution in [3.63, 3.8) is 0 Å². The molecule has 1 aromatic carbocycles. The minimum atomic E-state index is -1.07. The van der Waals surface area contributed by atoms with E-state index in [2.05, 4.69) is 9.88 Å². The lowest BCUT2D eigenvalue weighted by molar-refractivity contribution is 0.0281. The van der Waals surface area contributed by atoms with Crippen LogP contribution in [-0.4, -0.2) is 48.3 Å². The van der Waals surface area contributed by atoms with Crippen molar-refractivity contribution in [2.45, 2.75) is 77.3 Å². The van der Waals surface area contributed by atoms with Crippen LogP contribution >= 0.6 is 0 Å². The van der Waals surface area contributed by atoms with Crippen molar-refractivity contribution in [3.05, 3.63) is 35.5 Å². The van der Waals surface area contributed by atoms with Gasteiger partial charge in [0.1, 0.15) is 11.9 Å². The number of ether oxygens (including phenoxy) is 1. The maximum Gasteiger partial charge on any atom is 0.126 e. The van der Waals surface area contributed by atoms with E-state index in [4.69, 9.17) is 4.74 Å². The Hall–Kier alpha value is -1.72. The largest absolute Gasteiger partial charge is 0.497 e. The highest BCUT2D eigenvalue weighted by molar-refractivity contribution is 5.84. The molecule has 2 aromatic rings. The van der Waals surface area contributed by atoms with Gasteiger partial charge in [0.25, 0.3) is 0 Å². The van der Waals surface area contributed by atoms with Gasteiger partial charge in [-0.25, -0.2) is 4.39 Å². The van der Waals surface area contributed by atoms with E-state index >= 15 is 4.39 Å². The van der Waals surface area contributed by atoms with Crippen molar-refractivity contribution in [1.29, 1.82) is 0 Å². The fraction of sp³-hybridized carbons (Fsp3) is 0.679. The number of aromatic nitrogens is 1. The van der Waals surface area contributed by atoms with E-state index in [0.29, 0.717) is 12.8 Å². The van der Waals surface area contributed by atoms with E-state index in [1.165, 1.54) is 45.1 Å². The first-order chi connectivity index (χ1) is 16.0. The van der Waals surface area contributed by atoms with E-state index in [0.717, 1.165) is 59.6 Å². The van der Waals surface area contributed by atoms with Crippen LogP contribution in [0.15, 0.2) is 24.4 Å². The zero-order valence-corrected chi connectivity index (χ0v) is 20.5. The molecule has 2 aliphatic rings. The average molecular weight is 457 g/mol. The molecule has 2 fully saturated rings. The number of aliphatic hydroxyl groups excluding tert-OH is 1. The van der Waals surface area contributed by atoms with Crippen LogP contribution in [0.1, 0.15) is 81.5 Å². The number of piperidine rings is 1. The summed E-state index contributed by atoms with van der Waals surface area (Å²) < 4.78 is 21.0. The Labute approximate surface area is 198 Å². The Bertz CT molecular complexity index is 904. The number of fused-ring (bicyclic) bond motifs is 1. The second-order valence-electron chi connectivity index (χ2n) is 10.5. The number of benzene rings is 1. The topological polar surface area (TPSA) is 45.6 Å². The van der Waals surface area contributed by atoms with Crippen molar-refractivity contribution in [1.82, 2.24) is 9.88 Å². The van der Waals surface area contributed by atoms with Crippen LogP contribution in [0.3, 0.4) is 0 Å². The lowest BCUT2D eigenvalue weighted by Gasteiger charge is -2.41. The van der Waals surface area contributed by atoms with Crippen LogP contribution in [0.4, 0.5) is 4.39 Å². The molecule has 5 heteroatoms. The third-order valence-electron chi connectivity index (χ3n) is 8.39. The molecule has 1 atom stereocenters. The molecule has 0 radical (unpaired) electrons. The van der Waals surface area contributed by atoms with Crippen molar-refractivity contribution in [3.8, 4) is 5.75 Å². The van der Waals surface area contributed by atoms with Crippen LogP contribution in [-0.2, 0) is 0 Å². The number of pyridine rings is 1. The van der Waals surface area contributed by atoms with E-state index in [-0.39, 0.29) is 12.0 Å². The SMILES string of the molecule is COc1ccc2ncc(C)c([C@@H](F)CCC3(CO)CCN(CCC4CCCCC4)CC3)c2c1. The van der Waals surface area contributed by atoms with Gasteiger partial charge >= 0.3 is 0 Å². The van der Waals surface area contributed by atoms with Crippen LogP contribution in [0, 0.1) is 18.3 Å². The lowest BCUT2D eigenvalue weighted by Crippen LogP contribution is -2.42. The summed E-state index contributed by atoms with van der Waals surface area (Å²) in [7, 11) is 1.63. The minimum Gasteiger partial charge on any atom is -0.497 e. The van der Waals surface area contributed by atoms with Gasteiger partial charge in [-0.05, 0) is 99.3 Å². The molecule has 0 spiro atoms. The molecular formula is C28H41FN2O2. The molecule has 1 aliphatic heterocycles. The molecule has 1 saturated carbocycles. The van der Waals surface area contributed by atoms with Gasteiger partial charge in [-0.3, -0.25) is 4.98 Å². The zero-order chi connectivity index (χ0) is 23.3. The van der Waals surface area contributed by atoms with Crippen molar-refractivity contribution < 1.29 is 14.2 Å². The van der Waals surface area contributed by atoms with E-state index in [1.54, 1.807) is 13.3 Å². The van der Waals surface area contributed by atoms with Crippen LogP contribution < -0.4 is 4.74 Å². The molecule has 1 aromatic heterocycles. The molecule has 4 rings (SSSR count). The standard InChI is InChI=1S/C28H41FN2O2/c1-21-19-30-26-9-8-23(33-2)18-24(26)27(21)25(29)10-12-28(20-32)13-16-31(17-14-28)15-11-22-6-4-3-5-7-22/h8-9,18-19,22,25,32H,3-7,10-17,20H2,1-2H3/t25-/m0/s1. The molecule has 182 valence electrons. The highest BCUT2D eigenvalue weighted by Crippen LogP contribution is 2.41. The number of hydrogen-bond donors (Lipinski definition) is 1. The number of halogens is 1. The Kier molecular flexibility index (Phi) is 8.24. The highest BCUT2D eigenvalue weighted by Gasteiger charge is 2.35. The summed E-state index contributed by atoms with van der Waals surface area (Å²) in [6.07, 6.45) is 12.1. The molecule has 0 unspecified atom stereocenters. The van der Waals surface area contributed by atoms with Gasteiger partial charge in [-0.15, -0.1) is 0 Å². The second kappa shape index (κ2) is 11.1. The van der Waals surface area contributed by atoms with Crippen molar-refractivity contribution in [2.75, 3.05) is 33.4 Å². The van der Waals surface area contributed by atoms with Gasteiger partial charge in [-0.2, -0.15) is 0 Å². The number of hydrogen-bond acceptors (Lipinski definition) is 4. The monoisotopic (exact) mass is 456 g/mol. The van der Waals surface area contributed by atoms with E-state index < -0.39 is 6.17 Å². The summed E-state index contributed by atoms with van der Waals surface area (Å²) in [5.41, 5.74) is 2.23. The van der Waals surface area contributed by atoms with E-state index in [9.17, 15) is 5.11 Å². The Morgan fingerprint density at radius 3 is 2.67 bits per heavy atom. The average Bonchev–Trinajstić information content (AvgIpc) is 2.87. The Morgan fingerprint density at radius 2 is 1.97 bits per heavy atom. The summed E-state index contributed by atoms with van der Waals surface area (Å²) in [6, 6.07) is 5.65. The number of alkyl halides is 1. The molecule has 33 heavy (non-hydrogen) atoms. The smallest absolute Gasteiger partial charge is 0.126 e. The van der Waals surface area contributed by atoms with Gasteiger partial charge in [0.2, 0.25) is 0 Å². The Balaban J connectivity index is 1.35. The predicted molar refractivity (Wildman–Crippen MR) is 132 cm³/mol. The molecule has 4 nitrogen and oxygen atoms in total. The predicted octanol–water partition coefficient (Wildman–Crippen LogP) is 6.39. The number of nitrogens with zero attached hydrogens (tertiary/aromatic N) is 2. The van der Waals surface area contributed by atoms with Crippen LogP contribution in [0.5, 0.6) is 5.75 Å². The van der Waals surface area contributed by atoms with Gasteiger partial charge in [0.15, 0.2) is 0 Å². The molecule has 0 amide bonds. The normalized spacial score (nSPS) is 20.7. The molecule has 1 saturated heterocycles. The molecule has 1 aliphatic carbocycles. The number of likely N-dealkylation sites (tertiary alicyclic amines) is 1. The first-order valence-electron chi connectivity index (χ1n) is 12.9. The van der Waals surface area contributed by atoms with Gasteiger partial charge in [0, 0.05) is 18.2 Å².